The molecule has 8 nitrogen and oxygen atoms in total. The van der Waals surface area contributed by atoms with Gasteiger partial charge in [0, 0.05) is 45.9 Å². The van der Waals surface area contributed by atoms with Crippen LogP contribution < -0.4 is 16.2 Å². The lowest BCUT2D eigenvalue weighted by Gasteiger charge is -2.14. The molecule has 0 aliphatic rings. The number of nitrogens with one attached hydrogen (secondary N) is 1. The number of aliphatic hydroxyl groups excluding tert-OH is 1. The summed E-state index contributed by atoms with van der Waals surface area (Å²) >= 11 is 0. The van der Waals surface area contributed by atoms with E-state index < -0.39 is 12.1 Å². The molecule has 5 N–H and O–H groups in total. The third-order valence-corrected chi connectivity index (χ3v) is 6.39. The van der Waals surface area contributed by atoms with Crippen LogP contribution in [-0.2, 0) is 11.3 Å². The van der Waals surface area contributed by atoms with E-state index in [1.807, 2.05) is 36.4 Å². The number of aliphatic hydroxyl groups is 1. The largest absolute Gasteiger partial charge is 0.542 e. The first-order chi connectivity index (χ1) is 20.6. The summed E-state index contributed by atoms with van der Waals surface area (Å²) in [7, 11) is 0. The number of quaternary nitrogens is 1. The first kappa shape index (κ1) is 30.8. The Balaban J connectivity index is 0.000000541. The van der Waals surface area contributed by atoms with Crippen molar-refractivity contribution in [1.82, 2.24) is 15.3 Å². The van der Waals surface area contributed by atoms with Crippen LogP contribution in [0, 0.1) is 0 Å². The summed E-state index contributed by atoms with van der Waals surface area (Å²) in [4.78, 5) is 30.8. The Morgan fingerprint density at radius 1 is 0.860 bits per heavy atom. The molecular weight excluding hydrogens is 561 g/mol. The first-order valence-electron chi connectivity index (χ1n) is 13.1. The van der Waals surface area contributed by atoms with E-state index >= 15 is 0 Å². The minimum absolute atomic E-state index is 0.0948. The highest BCUT2D eigenvalue weighted by Crippen LogP contribution is 2.36. The van der Waals surface area contributed by atoms with Gasteiger partial charge in [0.15, 0.2) is 0 Å². The second kappa shape index (κ2) is 13.7. The second-order valence-electron chi connectivity index (χ2n) is 9.27. The maximum absolute atomic E-state index is 12.2. The molecule has 0 atom stereocenters. The molecule has 5 rings (SSSR count). The Morgan fingerprint density at radius 3 is 2.05 bits per heavy atom. The van der Waals surface area contributed by atoms with Crippen LogP contribution in [0.5, 0.6) is 0 Å². The number of carboxylic acids is 1. The number of carbonyl (C=O) groups is 2. The number of benzene rings is 3. The number of halogens is 3. The molecule has 0 saturated heterocycles. The Hall–Kier alpha value is -5.13. The van der Waals surface area contributed by atoms with E-state index in [1.165, 1.54) is 5.56 Å². The molecule has 0 unspecified atom stereocenters. The average molecular weight is 589 g/mol. The number of carboxylic acid groups (broad SMARTS) is 1. The minimum Gasteiger partial charge on any atom is -0.542 e. The average Bonchev–Trinajstić information content (AvgIpc) is 3.03. The molecule has 0 spiro atoms. The van der Waals surface area contributed by atoms with Gasteiger partial charge in [-0.2, -0.15) is 13.2 Å². The van der Waals surface area contributed by atoms with Crippen molar-refractivity contribution in [2.24, 2.45) is 0 Å². The molecule has 0 saturated carbocycles. The number of alkyl halides is 3. The van der Waals surface area contributed by atoms with Crippen LogP contribution >= 0.6 is 0 Å². The fraction of sp³-hybridized carbons (Fsp3) is 0.125. The number of amides is 1. The molecular formula is C32H27F3N4O4. The van der Waals surface area contributed by atoms with Gasteiger partial charge >= 0.3 is 6.18 Å². The van der Waals surface area contributed by atoms with E-state index in [-0.39, 0.29) is 19.1 Å². The van der Waals surface area contributed by atoms with Gasteiger partial charge < -0.3 is 26.1 Å². The summed E-state index contributed by atoms with van der Waals surface area (Å²) in [6, 6.07) is 30.0. The molecule has 0 aliphatic carbocycles. The monoisotopic (exact) mass is 588 g/mol. The Labute approximate surface area is 244 Å². The van der Waals surface area contributed by atoms with Gasteiger partial charge in [-0.1, -0.05) is 66.7 Å². The molecule has 1 amide bonds. The van der Waals surface area contributed by atoms with Crippen molar-refractivity contribution in [3.8, 4) is 33.6 Å². The number of nitrogens with zero attached hydrogens (tertiary/aromatic N) is 2. The molecule has 220 valence electrons. The first-order valence-corrected chi connectivity index (χ1v) is 13.1. The van der Waals surface area contributed by atoms with Crippen LogP contribution in [-0.4, -0.2) is 46.3 Å². The number of hydrogen-bond donors (Lipinski definition) is 3. The summed E-state index contributed by atoms with van der Waals surface area (Å²) < 4.78 is 31.5. The Morgan fingerprint density at radius 2 is 1.47 bits per heavy atom. The van der Waals surface area contributed by atoms with Crippen molar-refractivity contribution >= 4 is 22.8 Å². The molecule has 3 aromatic carbocycles. The van der Waals surface area contributed by atoms with Crippen LogP contribution in [0.3, 0.4) is 0 Å². The number of aliphatic carboxylic acids is 1. The third-order valence-electron chi connectivity index (χ3n) is 6.39. The summed E-state index contributed by atoms with van der Waals surface area (Å²) in [6.45, 7) is 0.871. The molecule has 2 heterocycles. The van der Waals surface area contributed by atoms with E-state index in [1.54, 1.807) is 18.3 Å². The summed E-state index contributed by atoms with van der Waals surface area (Å²) in [5.74, 6) is -3.23. The Kier molecular flexibility index (Phi) is 9.81. The quantitative estimate of drug-likeness (QED) is 0.266. The summed E-state index contributed by atoms with van der Waals surface area (Å²) in [5, 5.41) is 21.3. The number of carbonyl (C=O) groups excluding carboxylic acids is 2. The molecule has 11 heteroatoms. The van der Waals surface area contributed by atoms with Gasteiger partial charge in [-0.05, 0) is 29.8 Å². The zero-order chi connectivity index (χ0) is 31.0. The maximum Gasteiger partial charge on any atom is 0.430 e. The van der Waals surface area contributed by atoms with Crippen molar-refractivity contribution in [1.29, 1.82) is 0 Å². The second-order valence-corrected chi connectivity index (χ2v) is 9.27. The zero-order valence-electron chi connectivity index (χ0n) is 22.8. The third kappa shape index (κ3) is 7.59. The van der Waals surface area contributed by atoms with Gasteiger partial charge in [0.1, 0.15) is 5.97 Å². The molecule has 0 radical (unpaired) electrons. The normalized spacial score (nSPS) is 11.0. The Bertz CT molecular complexity index is 1710. The molecule has 0 bridgehead atoms. The van der Waals surface area contributed by atoms with Gasteiger partial charge in [0.05, 0.1) is 30.1 Å². The summed E-state index contributed by atoms with van der Waals surface area (Å²) in [6.07, 6.45) is -3.43. The van der Waals surface area contributed by atoms with Crippen LogP contribution in [0.2, 0.25) is 0 Å². The van der Waals surface area contributed by atoms with Gasteiger partial charge in [-0.25, -0.2) is 4.98 Å². The van der Waals surface area contributed by atoms with E-state index in [4.69, 9.17) is 20.0 Å². The lowest BCUT2D eigenvalue weighted by atomic mass is 9.95. The highest BCUT2D eigenvalue weighted by molar-refractivity contribution is 5.99. The van der Waals surface area contributed by atoms with E-state index in [0.29, 0.717) is 5.56 Å². The van der Waals surface area contributed by atoms with Crippen molar-refractivity contribution in [2.45, 2.75) is 12.7 Å². The van der Waals surface area contributed by atoms with Crippen LogP contribution in [0.1, 0.15) is 15.9 Å². The van der Waals surface area contributed by atoms with Crippen LogP contribution in [0.25, 0.3) is 44.5 Å². The highest BCUT2D eigenvalue weighted by Gasteiger charge is 2.28. The van der Waals surface area contributed by atoms with E-state index in [2.05, 4.69) is 58.5 Å². The zero-order valence-corrected chi connectivity index (χ0v) is 22.8. The highest BCUT2D eigenvalue weighted by atomic mass is 19.4. The van der Waals surface area contributed by atoms with Gasteiger partial charge in [-0.3, -0.25) is 9.78 Å². The van der Waals surface area contributed by atoms with Crippen molar-refractivity contribution in [2.75, 3.05) is 13.2 Å². The van der Waals surface area contributed by atoms with Crippen molar-refractivity contribution in [3.63, 3.8) is 0 Å². The van der Waals surface area contributed by atoms with E-state index in [9.17, 15) is 18.0 Å². The number of fused-ring (bicyclic) bond motifs is 1. The lowest BCUT2D eigenvalue weighted by Crippen LogP contribution is -2.47. The molecule has 5 aromatic rings. The van der Waals surface area contributed by atoms with Gasteiger partial charge in [0.25, 0.3) is 5.91 Å². The predicted molar refractivity (Wildman–Crippen MR) is 153 cm³/mol. The van der Waals surface area contributed by atoms with Crippen molar-refractivity contribution < 1.29 is 38.7 Å². The lowest BCUT2D eigenvalue weighted by molar-refractivity contribution is -0.386. The van der Waals surface area contributed by atoms with Crippen molar-refractivity contribution in [3.05, 3.63) is 108 Å². The topological polar surface area (TPSA) is 143 Å². The standard InChI is InChI=1S/C30H26N4O2.C2HF3O2/c31-19-20-6-8-23(9-7-20)29-25(21-4-2-1-3-5-21)18-26-27(34-29)14-15-32-28(26)22-10-12-24(13-11-22)30(36)33-16-17-35;3-2(4,5)1(6)7/h1-15,18,35H,16-17,19,31H2,(H,33,36);(H,6,7). The SMILES string of the molecule is O=C([O-])C(F)(F)F.[NH3+]Cc1ccc(-c2nc3ccnc(-c4ccc(C(=O)NCCO)cc4)c3cc2-c2ccccc2)cc1. The fourth-order valence-corrected chi connectivity index (χ4v) is 4.26. The predicted octanol–water partition coefficient (Wildman–Crippen LogP) is 3.39. The van der Waals surface area contributed by atoms with E-state index in [0.717, 1.165) is 51.1 Å². The van der Waals surface area contributed by atoms with Gasteiger partial charge in [-0.15, -0.1) is 0 Å². The smallest absolute Gasteiger partial charge is 0.430 e. The minimum atomic E-state index is -5.19. The van der Waals surface area contributed by atoms with Gasteiger partial charge in [0.2, 0.25) is 0 Å². The van der Waals surface area contributed by atoms with Crippen LogP contribution in [0.4, 0.5) is 13.2 Å². The molecule has 0 aliphatic heterocycles. The molecule has 2 aromatic heterocycles. The van der Waals surface area contributed by atoms with Crippen LogP contribution in [0.15, 0.2) is 97.2 Å². The maximum atomic E-state index is 12.2. The number of pyridine rings is 2. The molecule has 0 fully saturated rings. The number of aromatic nitrogens is 2. The summed E-state index contributed by atoms with van der Waals surface area (Å²) in [5.41, 5.74) is 12.3. The number of hydrogen-bond acceptors (Lipinski definition) is 6. The number of rotatable bonds is 7. The molecule has 43 heavy (non-hydrogen) atoms. The fourth-order valence-electron chi connectivity index (χ4n) is 4.26.